The van der Waals surface area contributed by atoms with Crippen LogP contribution in [0.25, 0.3) is 0 Å². The van der Waals surface area contributed by atoms with E-state index in [1.165, 1.54) is 12.1 Å². The number of rotatable bonds is 7. The molecule has 1 aromatic rings. The van der Waals surface area contributed by atoms with Crippen molar-refractivity contribution in [1.82, 2.24) is 5.32 Å². The van der Waals surface area contributed by atoms with Gasteiger partial charge in [-0.2, -0.15) is 0 Å². The summed E-state index contributed by atoms with van der Waals surface area (Å²) in [6, 6.07) is 4.68. The van der Waals surface area contributed by atoms with Gasteiger partial charge in [0.15, 0.2) is 0 Å². The Morgan fingerprint density at radius 2 is 2.29 bits per heavy atom. The Morgan fingerprint density at radius 1 is 1.53 bits per heavy atom. The van der Waals surface area contributed by atoms with E-state index >= 15 is 0 Å². The van der Waals surface area contributed by atoms with Gasteiger partial charge in [0.2, 0.25) is 0 Å². The van der Waals surface area contributed by atoms with Crippen molar-refractivity contribution in [2.75, 3.05) is 20.3 Å². The number of alkyl halides is 1. The minimum atomic E-state index is -0.235. The summed E-state index contributed by atoms with van der Waals surface area (Å²) < 4.78 is 18.6. The molecule has 1 atom stereocenters. The van der Waals surface area contributed by atoms with E-state index in [9.17, 15) is 4.39 Å². The van der Waals surface area contributed by atoms with Crippen LogP contribution in [-0.4, -0.2) is 25.6 Å². The fourth-order valence-electron chi connectivity index (χ4n) is 1.41. The van der Waals surface area contributed by atoms with Gasteiger partial charge in [-0.1, -0.05) is 22.0 Å². The topological polar surface area (TPSA) is 21.3 Å². The first-order valence-electron chi connectivity index (χ1n) is 5.41. The van der Waals surface area contributed by atoms with E-state index < -0.39 is 0 Å². The predicted molar refractivity (Wildman–Crippen MR) is 71.9 cm³/mol. The Hall–Kier alpha value is -0.160. The minimum absolute atomic E-state index is 0.0316. The molecule has 0 aliphatic rings. The Labute approximate surface area is 115 Å². The third-order valence-electron chi connectivity index (χ3n) is 2.31. The third kappa shape index (κ3) is 5.82. The molecule has 0 spiro atoms. The van der Waals surface area contributed by atoms with Crippen LogP contribution in [0.5, 0.6) is 0 Å². The van der Waals surface area contributed by atoms with E-state index in [0.29, 0.717) is 13.2 Å². The Morgan fingerprint density at radius 3 is 2.94 bits per heavy atom. The molecule has 1 unspecified atom stereocenters. The third-order valence-corrected chi connectivity index (χ3v) is 3.39. The van der Waals surface area contributed by atoms with Gasteiger partial charge in [-0.15, -0.1) is 11.6 Å². The lowest BCUT2D eigenvalue weighted by Gasteiger charge is -2.10. The average molecular weight is 325 g/mol. The van der Waals surface area contributed by atoms with Crippen LogP contribution in [0.1, 0.15) is 12.0 Å². The van der Waals surface area contributed by atoms with Crippen molar-refractivity contribution in [2.24, 2.45) is 0 Å². The Kier molecular flexibility index (Phi) is 7.04. The highest BCUT2D eigenvalue weighted by molar-refractivity contribution is 9.10. The second-order valence-corrected chi connectivity index (χ2v) is 5.23. The number of nitrogens with one attached hydrogen (secondary N) is 1. The summed E-state index contributed by atoms with van der Waals surface area (Å²) in [4.78, 5) is 0. The number of methoxy groups -OCH3 is 1. The van der Waals surface area contributed by atoms with Gasteiger partial charge in [-0.05, 0) is 30.7 Å². The first-order chi connectivity index (χ1) is 8.13. The number of benzene rings is 1. The van der Waals surface area contributed by atoms with Crippen molar-refractivity contribution in [1.29, 1.82) is 0 Å². The molecule has 0 amide bonds. The number of ether oxygens (including phenoxy) is 1. The fraction of sp³-hybridized carbons (Fsp3) is 0.500. The Balaban J connectivity index is 2.26. The SMILES string of the molecule is COCC(Cl)CCNCc1ccc(F)cc1Br. The zero-order chi connectivity index (χ0) is 12.7. The second-order valence-electron chi connectivity index (χ2n) is 3.75. The molecule has 2 nitrogen and oxygen atoms in total. The van der Waals surface area contributed by atoms with Gasteiger partial charge in [0.05, 0.1) is 12.0 Å². The van der Waals surface area contributed by atoms with Crippen molar-refractivity contribution in [3.63, 3.8) is 0 Å². The monoisotopic (exact) mass is 323 g/mol. The summed E-state index contributed by atoms with van der Waals surface area (Å²) in [5.74, 6) is -0.235. The summed E-state index contributed by atoms with van der Waals surface area (Å²) >= 11 is 9.32. The zero-order valence-corrected chi connectivity index (χ0v) is 12.0. The van der Waals surface area contributed by atoms with Crippen molar-refractivity contribution in [2.45, 2.75) is 18.3 Å². The molecular formula is C12H16BrClFNO. The summed E-state index contributed by atoms with van der Waals surface area (Å²) in [6.07, 6.45) is 0.841. The summed E-state index contributed by atoms with van der Waals surface area (Å²) in [7, 11) is 1.64. The van der Waals surface area contributed by atoms with Gasteiger partial charge in [0, 0.05) is 18.1 Å². The van der Waals surface area contributed by atoms with Crippen LogP contribution in [0, 0.1) is 5.82 Å². The summed E-state index contributed by atoms with van der Waals surface area (Å²) in [5, 5.41) is 3.29. The largest absolute Gasteiger partial charge is 0.383 e. The standard InChI is InChI=1S/C12H16BrClFNO/c1-17-8-10(14)4-5-16-7-9-2-3-11(15)6-12(9)13/h2-3,6,10,16H,4-5,7-8H2,1H3. The highest BCUT2D eigenvalue weighted by Gasteiger charge is 2.04. The smallest absolute Gasteiger partial charge is 0.124 e. The molecule has 1 aromatic carbocycles. The molecule has 0 aliphatic heterocycles. The zero-order valence-electron chi connectivity index (χ0n) is 9.68. The summed E-state index contributed by atoms with van der Waals surface area (Å²) in [5.41, 5.74) is 1.03. The van der Waals surface area contributed by atoms with Crippen molar-refractivity contribution in [3.05, 3.63) is 34.1 Å². The van der Waals surface area contributed by atoms with E-state index in [1.807, 2.05) is 0 Å². The van der Waals surface area contributed by atoms with E-state index in [0.717, 1.165) is 23.0 Å². The molecular weight excluding hydrogens is 308 g/mol. The maximum atomic E-state index is 12.8. The van der Waals surface area contributed by atoms with Crippen molar-refractivity contribution < 1.29 is 9.13 Å². The van der Waals surface area contributed by atoms with Gasteiger partial charge in [-0.25, -0.2) is 4.39 Å². The molecule has 0 saturated heterocycles. The van der Waals surface area contributed by atoms with Crippen LogP contribution in [0.15, 0.2) is 22.7 Å². The lowest BCUT2D eigenvalue weighted by atomic mass is 10.2. The highest BCUT2D eigenvalue weighted by Crippen LogP contribution is 2.17. The molecule has 96 valence electrons. The van der Waals surface area contributed by atoms with Crippen LogP contribution < -0.4 is 5.32 Å². The maximum absolute atomic E-state index is 12.8. The van der Waals surface area contributed by atoms with Crippen LogP contribution in [0.3, 0.4) is 0 Å². The average Bonchev–Trinajstić information content (AvgIpc) is 2.27. The van der Waals surface area contributed by atoms with Gasteiger partial charge in [-0.3, -0.25) is 0 Å². The maximum Gasteiger partial charge on any atom is 0.124 e. The minimum Gasteiger partial charge on any atom is -0.383 e. The molecule has 1 rings (SSSR count). The molecule has 0 heterocycles. The molecule has 5 heteroatoms. The molecule has 17 heavy (non-hydrogen) atoms. The van der Waals surface area contributed by atoms with Crippen LogP contribution in [0.4, 0.5) is 4.39 Å². The molecule has 0 aromatic heterocycles. The molecule has 0 aliphatic carbocycles. The van der Waals surface area contributed by atoms with Gasteiger partial charge in [0.1, 0.15) is 5.82 Å². The highest BCUT2D eigenvalue weighted by atomic mass is 79.9. The molecule has 0 bridgehead atoms. The fourth-order valence-corrected chi connectivity index (χ4v) is 2.14. The summed E-state index contributed by atoms with van der Waals surface area (Å²) in [6.45, 7) is 2.06. The molecule has 1 N–H and O–H groups in total. The van der Waals surface area contributed by atoms with E-state index in [-0.39, 0.29) is 11.2 Å². The lowest BCUT2D eigenvalue weighted by molar-refractivity contribution is 0.195. The predicted octanol–water partition coefficient (Wildman–Crippen LogP) is 3.32. The van der Waals surface area contributed by atoms with E-state index in [2.05, 4.69) is 21.2 Å². The molecule has 0 saturated carbocycles. The van der Waals surface area contributed by atoms with Crippen molar-refractivity contribution in [3.8, 4) is 0 Å². The molecule has 0 fully saturated rings. The van der Waals surface area contributed by atoms with E-state index in [4.69, 9.17) is 16.3 Å². The quantitative estimate of drug-likeness (QED) is 0.614. The van der Waals surface area contributed by atoms with Crippen LogP contribution >= 0.6 is 27.5 Å². The number of hydrogen-bond donors (Lipinski definition) is 1. The lowest BCUT2D eigenvalue weighted by Crippen LogP contribution is -2.20. The Bertz CT molecular complexity index is 351. The van der Waals surface area contributed by atoms with Gasteiger partial charge in [0.25, 0.3) is 0 Å². The van der Waals surface area contributed by atoms with Crippen molar-refractivity contribution >= 4 is 27.5 Å². The molecule has 0 radical (unpaired) electrons. The van der Waals surface area contributed by atoms with Crippen LogP contribution in [-0.2, 0) is 11.3 Å². The number of hydrogen-bond acceptors (Lipinski definition) is 2. The number of halogens is 3. The van der Waals surface area contributed by atoms with E-state index in [1.54, 1.807) is 13.2 Å². The van der Waals surface area contributed by atoms with Gasteiger partial charge >= 0.3 is 0 Å². The second kappa shape index (κ2) is 8.03. The first kappa shape index (κ1) is 14.9. The normalized spacial score (nSPS) is 12.7. The van der Waals surface area contributed by atoms with Gasteiger partial charge < -0.3 is 10.1 Å². The first-order valence-corrected chi connectivity index (χ1v) is 6.64. The van der Waals surface area contributed by atoms with Crippen LogP contribution in [0.2, 0.25) is 0 Å².